The molecular weight excluding hydrogens is 456 g/mol. The number of aromatic amines is 1. The highest BCUT2D eigenvalue weighted by molar-refractivity contribution is 14.0. The van der Waals surface area contributed by atoms with Crippen molar-refractivity contribution in [3.05, 3.63) is 65.2 Å². The number of imidazole rings is 1. The fraction of sp³-hybridized carbons (Fsp3) is 0.300. The normalized spacial score (nSPS) is 11.3. The predicted molar refractivity (Wildman–Crippen MR) is 119 cm³/mol. The smallest absolute Gasteiger partial charge is 0.191 e. The molecule has 27 heavy (non-hydrogen) atoms. The highest BCUT2D eigenvalue weighted by atomic mass is 127. The molecule has 0 amide bonds. The van der Waals surface area contributed by atoms with E-state index in [2.05, 4.69) is 25.6 Å². The SMILES string of the molecule is CN=C(NCCc1nc2ccccc2[nH]1)NCCc1ccc(F)cc1C.I. The predicted octanol–water partition coefficient (Wildman–Crippen LogP) is 3.58. The lowest BCUT2D eigenvalue weighted by Gasteiger charge is -2.12. The number of hydrogen-bond acceptors (Lipinski definition) is 2. The quantitative estimate of drug-likeness (QED) is 0.287. The largest absolute Gasteiger partial charge is 0.356 e. The second-order valence-corrected chi connectivity index (χ2v) is 6.20. The van der Waals surface area contributed by atoms with Crippen molar-refractivity contribution < 1.29 is 4.39 Å². The van der Waals surface area contributed by atoms with E-state index in [1.807, 2.05) is 37.3 Å². The Morgan fingerprint density at radius 1 is 1.11 bits per heavy atom. The van der Waals surface area contributed by atoms with Crippen LogP contribution in [0.5, 0.6) is 0 Å². The van der Waals surface area contributed by atoms with Crippen LogP contribution in [0.25, 0.3) is 11.0 Å². The first-order valence-electron chi connectivity index (χ1n) is 8.79. The number of fused-ring (bicyclic) bond motifs is 1. The van der Waals surface area contributed by atoms with E-state index in [0.717, 1.165) is 59.9 Å². The van der Waals surface area contributed by atoms with Crippen molar-refractivity contribution >= 4 is 41.0 Å². The lowest BCUT2D eigenvalue weighted by Crippen LogP contribution is -2.39. The zero-order chi connectivity index (χ0) is 18.4. The van der Waals surface area contributed by atoms with E-state index < -0.39 is 0 Å². The summed E-state index contributed by atoms with van der Waals surface area (Å²) in [6.07, 6.45) is 1.60. The second-order valence-electron chi connectivity index (χ2n) is 6.20. The molecule has 0 aliphatic heterocycles. The van der Waals surface area contributed by atoms with Gasteiger partial charge in [0, 0.05) is 26.6 Å². The molecule has 0 saturated heterocycles. The molecule has 0 radical (unpaired) electrons. The number of aromatic nitrogens is 2. The van der Waals surface area contributed by atoms with E-state index in [-0.39, 0.29) is 29.8 Å². The molecule has 0 bridgehead atoms. The van der Waals surface area contributed by atoms with Gasteiger partial charge in [0.1, 0.15) is 11.6 Å². The highest BCUT2D eigenvalue weighted by Crippen LogP contribution is 2.11. The number of aliphatic imine (C=N–C) groups is 1. The molecule has 7 heteroatoms. The molecule has 2 aromatic carbocycles. The standard InChI is InChI=1S/C20H24FN5.HI/c1-14-13-16(21)8-7-15(14)9-11-23-20(22-2)24-12-10-19-25-17-5-3-4-6-18(17)26-19;/h3-8,13H,9-12H2,1-2H3,(H,25,26)(H2,22,23,24);1H. The molecule has 0 fully saturated rings. The summed E-state index contributed by atoms with van der Waals surface area (Å²) in [5.41, 5.74) is 4.15. The second kappa shape index (κ2) is 10.2. The van der Waals surface area contributed by atoms with Crippen LogP contribution in [0.4, 0.5) is 4.39 Å². The Morgan fingerprint density at radius 2 is 1.85 bits per heavy atom. The number of benzene rings is 2. The minimum atomic E-state index is -0.192. The molecule has 0 spiro atoms. The number of H-pyrrole nitrogens is 1. The van der Waals surface area contributed by atoms with Gasteiger partial charge in [-0.2, -0.15) is 0 Å². The van der Waals surface area contributed by atoms with E-state index in [9.17, 15) is 4.39 Å². The van der Waals surface area contributed by atoms with Crippen molar-refractivity contribution in [1.29, 1.82) is 0 Å². The van der Waals surface area contributed by atoms with Crippen molar-refractivity contribution in [2.45, 2.75) is 19.8 Å². The Morgan fingerprint density at radius 3 is 2.56 bits per heavy atom. The minimum Gasteiger partial charge on any atom is -0.356 e. The zero-order valence-electron chi connectivity index (χ0n) is 15.6. The van der Waals surface area contributed by atoms with Gasteiger partial charge in [0.05, 0.1) is 11.0 Å². The first-order valence-corrected chi connectivity index (χ1v) is 8.79. The average Bonchev–Trinajstić information content (AvgIpc) is 3.05. The van der Waals surface area contributed by atoms with Crippen LogP contribution in [-0.4, -0.2) is 36.1 Å². The lowest BCUT2D eigenvalue weighted by molar-refractivity contribution is 0.625. The lowest BCUT2D eigenvalue weighted by atomic mass is 10.1. The Labute approximate surface area is 175 Å². The van der Waals surface area contributed by atoms with Crippen molar-refractivity contribution in [2.75, 3.05) is 20.1 Å². The van der Waals surface area contributed by atoms with Crippen molar-refractivity contribution in [2.24, 2.45) is 4.99 Å². The topological polar surface area (TPSA) is 65.1 Å². The van der Waals surface area contributed by atoms with Gasteiger partial charge in [0.25, 0.3) is 0 Å². The van der Waals surface area contributed by atoms with Gasteiger partial charge in [-0.3, -0.25) is 4.99 Å². The van der Waals surface area contributed by atoms with E-state index in [1.54, 1.807) is 13.1 Å². The molecule has 0 aliphatic carbocycles. The number of aryl methyl sites for hydroxylation is 1. The van der Waals surface area contributed by atoms with Crippen molar-refractivity contribution in [3.8, 4) is 0 Å². The maximum Gasteiger partial charge on any atom is 0.191 e. The van der Waals surface area contributed by atoms with Gasteiger partial charge >= 0.3 is 0 Å². The first kappa shape index (κ1) is 21.1. The van der Waals surface area contributed by atoms with Gasteiger partial charge in [-0.1, -0.05) is 18.2 Å². The monoisotopic (exact) mass is 481 g/mol. The number of hydrogen-bond donors (Lipinski definition) is 3. The van der Waals surface area contributed by atoms with Crippen LogP contribution in [0.3, 0.4) is 0 Å². The third-order valence-corrected chi connectivity index (χ3v) is 4.31. The van der Waals surface area contributed by atoms with E-state index >= 15 is 0 Å². The Balaban J connectivity index is 0.00000261. The summed E-state index contributed by atoms with van der Waals surface area (Å²) in [4.78, 5) is 12.1. The molecule has 1 aromatic heterocycles. The van der Waals surface area contributed by atoms with Gasteiger partial charge in [0.15, 0.2) is 5.96 Å². The molecule has 5 nitrogen and oxygen atoms in total. The zero-order valence-corrected chi connectivity index (χ0v) is 17.9. The molecule has 3 N–H and O–H groups in total. The molecule has 0 aliphatic rings. The number of rotatable bonds is 6. The number of para-hydroxylation sites is 2. The molecule has 3 rings (SSSR count). The van der Waals surface area contributed by atoms with Gasteiger partial charge in [-0.15, -0.1) is 24.0 Å². The average molecular weight is 481 g/mol. The molecule has 3 aromatic rings. The Hall–Kier alpha value is -2.16. The summed E-state index contributed by atoms with van der Waals surface area (Å²) in [5, 5.41) is 6.58. The fourth-order valence-corrected chi connectivity index (χ4v) is 2.90. The number of nitrogens with one attached hydrogen (secondary N) is 3. The van der Waals surface area contributed by atoms with Crippen LogP contribution in [0.1, 0.15) is 17.0 Å². The van der Waals surface area contributed by atoms with E-state index in [4.69, 9.17) is 0 Å². The maximum atomic E-state index is 13.1. The molecule has 144 valence electrons. The van der Waals surface area contributed by atoms with Crippen LogP contribution in [0, 0.1) is 12.7 Å². The molecule has 1 heterocycles. The Bertz CT molecular complexity index is 873. The fourth-order valence-electron chi connectivity index (χ4n) is 2.90. The number of guanidine groups is 1. The van der Waals surface area contributed by atoms with Gasteiger partial charge in [-0.05, 0) is 48.7 Å². The molecular formula is C20H25FIN5. The number of halogens is 2. The van der Waals surface area contributed by atoms with Crippen molar-refractivity contribution in [1.82, 2.24) is 20.6 Å². The highest BCUT2D eigenvalue weighted by Gasteiger charge is 2.04. The summed E-state index contributed by atoms with van der Waals surface area (Å²) in [5.74, 6) is 1.51. The third-order valence-electron chi connectivity index (χ3n) is 4.31. The summed E-state index contributed by atoms with van der Waals surface area (Å²) in [6.45, 7) is 3.39. The van der Waals surface area contributed by atoms with Gasteiger partial charge in [0.2, 0.25) is 0 Å². The Kier molecular flexibility index (Phi) is 8.02. The summed E-state index contributed by atoms with van der Waals surface area (Å²) < 4.78 is 13.1. The molecule has 0 saturated carbocycles. The van der Waals surface area contributed by atoms with E-state index in [1.165, 1.54) is 6.07 Å². The van der Waals surface area contributed by atoms with Crippen LogP contribution in [-0.2, 0) is 12.8 Å². The summed E-state index contributed by atoms with van der Waals surface area (Å²) >= 11 is 0. The van der Waals surface area contributed by atoms with Crippen LogP contribution >= 0.6 is 24.0 Å². The van der Waals surface area contributed by atoms with Crippen LogP contribution < -0.4 is 10.6 Å². The minimum absolute atomic E-state index is 0. The third kappa shape index (κ3) is 5.92. The molecule has 0 atom stereocenters. The first-order chi connectivity index (χ1) is 12.7. The van der Waals surface area contributed by atoms with Crippen molar-refractivity contribution in [3.63, 3.8) is 0 Å². The number of nitrogens with zero attached hydrogens (tertiary/aromatic N) is 2. The van der Waals surface area contributed by atoms with Gasteiger partial charge in [-0.25, -0.2) is 9.37 Å². The molecule has 0 unspecified atom stereocenters. The van der Waals surface area contributed by atoms with Crippen LogP contribution in [0.2, 0.25) is 0 Å². The van der Waals surface area contributed by atoms with E-state index in [0.29, 0.717) is 0 Å². The summed E-state index contributed by atoms with van der Waals surface area (Å²) in [6, 6.07) is 12.9. The van der Waals surface area contributed by atoms with Crippen LogP contribution in [0.15, 0.2) is 47.5 Å². The summed E-state index contributed by atoms with van der Waals surface area (Å²) in [7, 11) is 1.75. The maximum absolute atomic E-state index is 13.1. The van der Waals surface area contributed by atoms with Gasteiger partial charge < -0.3 is 15.6 Å².